The van der Waals surface area contributed by atoms with Gasteiger partial charge in [-0.1, -0.05) is 81.5 Å². The fraction of sp³-hybridized carbons (Fsp3) is 0.294. The van der Waals surface area contributed by atoms with Gasteiger partial charge in [-0.3, -0.25) is 0 Å². The monoisotopic (exact) mass is 272 g/mol. The van der Waals surface area contributed by atoms with E-state index < -0.39 is 7.14 Å². The van der Waals surface area contributed by atoms with Gasteiger partial charge in [-0.25, -0.2) is 0 Å². The second-order valence-electron chi connectivity index (χ2n) is 5.85. The molecule has 2 rings (SSSR count). The van der Waals surface area contributed by atoms with E-state index >= 15 is 0 Å². The summed E-state index contributed by atoms with van der Waals surface area (Å²) < 4.78 is 13.5. The maximum atomic E-state index is 13.5. The van der Waals surface area contributed by atoms with Crippen LogP contribution in [0.3, 0.4) is 0 Å². The molecule has 0 unspecified atom stereocenters. The van der Waals surface area contributed by atoms with Crippen molar-refractivity contribution in [2.75, 3.05) is 0 Å². The van der Waals surface area contributed by atoms with Gasteiger partial charge in [0.15, 0.2) is 0 Å². The van der Waals surface area contributed by atoms with Crippen molar-refractivity contribution in [1.82, 2.24) is 0 Å². The minimum absolute atomic E-state index is 0.267. The van der Waals surface area contributed by atoms with E-state index in [-0.39, 0.29) is 11.1 Å². The second kappa shape index (κ2) is 5.35. The molecular weight excluding hydrogens is 251 g/mol. The first-order chi connectivity index (χ1) is 8.93. The average Bonchev–Trinajstić information content (AvgIpc) is 2.89. The molecule has 19 heavy (non-hydrogen) atoms. The molecule has 100 valence electrons. The standard InChI is InChI=1S/C17H21OP/c1-17(2,3)19(18,16-11-5-4-6-12-16)14-13-15-9-7-8-10-15/h4-15H,1-3H3/b14-13+/t19-/m0/s1. The largest absolute Gasteiger partial charge is 0.314 e. The van der Waals surface area contributed by atoms with Crippen LogP contribution in [0.25, 0.3) is 0 Å². The van der Waals surface area contributed by atoms with E-state index in [1.54, 1.807) is 0 Å². The highest BCUT2D eigenvalue weighted by molar-refractivity contribution is 7.75. The molecule has 0 fully saturated rings. The van der Waals surface area contributed by atoms with Crippen molar-refractivity contribution < 1.29 is 4.57 Å². The third-order valence-electron chi connectivity index (χ3n) is 3.43. The Morgan fingerprint density at radius 3 is 2.16 bits per heavy atom. The Morgan fingerprint density at radius 2 is 1.63 bits per heavy atom. The Morgan fingerprint density at radius 1 is 1.05 bits per heavy atom. The molecule has 1 aliphatic carbocycles. The number of rotatable bonds is 3. The van der Waals surface area contributed by atoms with Crippen molar-refractivity contribution in [3.05, 3.63) is 66.5 Å². The van der Waals surface area contributed by atoms with Gasteiger partial charge in [0.1, 0.15) is 7.14 Å². The van der Waals surface area contributed by atoms with E-state index in [0.717, 1.165) is 5.30 Å². The van der Waals surface area contributed by atoms with E-state index in [1.807, 2.05) is 69.1 Å². The normalized spacial score (nSPS) is 19.1. The summed E-state index contributed by atoms with van der Waals surface area (Å²) in [6.07, 6.45) is 10.3. The van der Waals surface area contributed by atoms with Gasteiger partial charge in [0, 0.05) is 16.4 Å². The maximum absolute atomic E-state index is 13.5. The van der Waals surface area contributed by atoms with Crippen molar-refractivity contribution in [3.63, 3.8) is 0 Å². The zero-order valence-corrected chi connectivity index (χ0v) is 12.7. The van der Waals surface area contributed by atoms with Crippen LogP contribution in [-0.2, 0) is 4.57 Å². The highest BCUT2D eigenvalue weighted by atomic mass is 31.2. The molecule has 1 aromatic carbocycles. The van der Waals surface area contributed by atoms with Crippen LogP contribution >= 0.6 is 7.14 Å². The highest BCUT2D eigenvalue weighted by Gasteiger charge is 2.35. The lowest BCUT2D eigenvalue weighted by molar-refractivity contribution is 0.563. The van der Waals surface area contributed by atoms with Crippen molar-refractivity contribution in [1.29, 1.82) is 0 Å². The van der Waals surface area contributed by atoms with Crippen LogP contribution in [0.15, 0.2) is 66.5 Å². The predicted octanol–water partition coefficient (Wildman–Crippen LogP) is 4.73. The SMILES string of the molecule is CC(C)(C)[P@](=O)(/C=C/C1C=CC=C1)c1ccccc1. The first-order valence-corrected chi connectivity index (χ1v) is 8.41. The van der Waals surface area contributed by atoms with Crippen LogP contribution in [0, 0.1) is 5.92 Å². The molecule has 0 saturated carbocycles. The molecule has 0 radical (unpaired) electrons. The van der Waals surface area contributed by atoms with Crippen LogP contribution in [0.1, 0.15) is 20.8 Å². The summed E-state index contributed by atoms with van der Waals surface area (Å²) in [5, 5.41) is 0.668. The van der Waals surface area contributed by atoms with E-state index in [2.05, 4.69) is 18.2 Å². The first-order valence-electron chi connectivity index (χ1n) is 6.63. The van der Waals surface area contributed by atoms with Crippen LogP contribution in [0.5, 0.6) is 0 Å². The molecule has 0 aromatic heterocycles. The molecule has 2 heteroatoms. The van der Waals surface area contributed by atoms with E-state index in [9.17, 15) is 4.57 Å². The molecule has 1 aromatic rings. The molecule has 1 aliphatic rings. The Kier molecular flexibility index (Phi) is 3.96. The van der Waals surface area contributed by atoms with Gasteiger partial charge in [0.2, 0.25) is 0 Å². The van der Waals surface area contributed by atoms with Gasteiger partial charge in [-0.15, -0.1) is 0 Å². The number of benzene rings is 1. The Hall–Kier alpha value is -1.33. The predicted molar refractivity (Wildman–Crippen MR) is 84.3 cm³/mol. The number of hydrogen-bond acceptors (Lipinski definition) is 1. The highest BCUT2D eigenvalue weighted by Crippen LogP contribution is 2.58. The minimum Gasteiger partial charge on any atom is -0.314 e. The third-order valence-corrected chi connectivity index (χ3v) is 7.08. The van der Waals surface area contributed by atoms with Crippen LogP contribution < -0.4 is 5.30 Å². The van der Waals surface area contributed by atoms with Gasteiger partial charge in [-0.2, -0.15) is 0 Å². The number of hydrogen-bond donors (Lipinski definition) is 0. The molecule has 0 amide bonds. The van der Waals surface area contributed by atoms with Gasteiger partial charge in [0.05, 0.1) is 0 Å². The fourth-order valence-electron chi connectivity index (χ4n) is 2.14. The summed E-state index contributed by atoms with van der Waals surface area (Å²) in [5.41, 5.74) is 0. The van der Waals surface area contributed by atoms with E-state index in [4.69, 9.17) is 0 Å². The lowest BCUT2D eigenvalue weighted by Crippen LogP contribution is -2.21. The van der Waals surface area contributed by atoms with Crippen LogP contribution in [-0.4, -0.2) is 5.16 Å². The summed E-state index contributed by atoms with van der Waals surface area (Å²) in [7, 11) is -2.56. The molecule has 0 saturated heterocycles. The van der Waals surface area contributed by atoms with Gasteiger partial charge < -0.3 is 4.57 Å². The molecule has 1 atom stereocenters. The Balaban J connectivity index is 2.39. The molecular formula is C17H21OP. The van der Waals surface area contributed by atoms with E-state index in [1.165, 1.54) is 0 Å². The summed E-state index contributed by atoms with van der Waals surface area (Å²) in [6, 6.07) is 9.81. The maximum Gasteiger partial charge on any atom is 0.141 e. The summed E-state index contributed by atoms with van der Waals surface area (Å²) in [6.45, 7) is 6.14. The average molecular weight is 272 g/mol. The van der Waals surface area contributed by atoms with Crippen LogP contribution in [0.4, 0.5) is 0 Å². The van der Waals surface area contributed by atoms with Gasteiger partial charge in [-0.05, 0) is 5.82 Å². The first kappa shape index (κ1) is 14.1. The zero-order valence-electron chi connectivity index (χ0n) is 11.8. The van der Waals surface area contributed by atoms with E-state index in [0.29, 0.717) is 0 Å². The fourth-order valence-corrected chi connectivity index (χ4v) is 4.59. The molecule has 1 nitrogen and oxygen atoms in total. The quantitative estimate of drug-likeness (QED) is 0.727. The Labute approximate surface area is 116 Å². The summed E-state index contributed by atoms with van der Waals surface area (Å²) in [5.74, 6) is 2.21. The second-order valence-corrected chi connectivity index (χ2v) is 9.33. The number of allylic oxidation sites excluding steroid dienone is 5. The lowest BCUT2D eigenvalue weighted by Gasteiger charge is -2.29. The Bertz CT molecular complexity index is 547. The van der Waals surface area contributed by atoms with Crippen molar-refractivity contribution in [2.24, 2.45) is 5.92 Å². The van der Waals surface area contributed by atoms with Crippen LogP contribution in [0.2, 0.25) is 0 Å². The van der Waals surface area contributed by atoms with Gasteiger partial charge in [0.25, 0.3) is 0 Å². The van der Waals surface area contributed by atoms with Crippen molar-refractivity contribution in [3.8, 4) is 0 Å². The smallest absolute Gasteiger partial charge is 0.141 e. The molecule has 0 aliphatic heterocycles. The molecule has 0 bridgehead atoms. The topological polar surface area (TPSA) is 17.1 Å². The molecule has 0 N–H and O–H groups in total. The lowest BCUT2D eigenvalue weighted by atomic mass is 10.2. The third kappa shape index (κ3) is 2.98. The minimum atomic E-state index is -2.56. The summed E-state index contributed by atoms with van der Waals surface area (Å²) >= 11 is 0. The zero-order chi connectivity index (χ0) is 13.9. The van der Waals surface area contributed by atoms with Crippen molar-refractivity contribution in [2.45, 2.75) is 25.9 Å². The van der Waals surface area contributed by atoms with Crippen molar-refractivity contribution >= 4 is 12.4 Å². The van der Waals surface area contributed by atoms with Gasteiger partial charge >= 0.3 is 0 Å². The molecule has 0 heterocycles. The molecule has 0 spiro atoms. The summed E-state index contributed by atoms with van der Waals surface area (Å²) in [4.78, 5) is 0.